The Kier molecular flexibility index (Phi) is 5.58. The number of Topliss-reactive ketones (excluding diaryl/α,β-unsaturated/α-hetero) is 1. The number of hydrogen-bond donors (Lipinski definition) is 2. The highest BCUT2D eigenvalue weighted by Crippen LogP contribution is 2.49. The van der Waals surface area contributed by atoms with Gasteiger partial charge in [-0.2, -0.15) is 0 Å². The molecule has 2 rings (SSSR count). The van der Waals surface area contributed by atoms with E-state index in [0.717, 1.165) is 10.8 Å². The fraction of sp³-hybridized carbons (Fsp3) is 0.353. The summed E-state index contributed by atoms with van der Waals surface area (Å²) in [6.45, 7) is 4.52. The number of hydrogen-bond acceptors (Lipinski definition) is 4. The summed E-state index contributed by atoms with van der Waals surface area (Å²) in [5.74, 6) is 0.0867. The predicted octanol–water partition coefficient (Wildman–Crippen LogP) is 3.36. The summed E-state index contributed by atoms with van der Waals surface area (Å²) < 4.78 is 19.0. The van der Waals surface area contributed by atoms with Gasteiger partial charge >= 0.3 is 7.52 Å². The predicted molar refractivity (Wildman–Crippen MR) is 92.0 cm³/mol. The second kappa shape index (κ2) is 7.26. The quantitative estimate of drug-likeness (QED) is 0.759. The molecule has 2 aromatic carbocycles. The van der Waals surface area contributed by atoms with Crippen LogP contribution in [-0.4, -0.2) is 29.2 Å². The molecule has 0 aliphatic carbocycles. The van der Waals surface area contributed by atoms with Gasteiger partial charge in [0.1, 0.15) is 12.4 Å². The van der Waals surface area contributed by atoms with Crippen molar-refractivity contribution >= 4 is 24.1 Å². The molecule has 1 unspecified atom stereocenters. The summed E-state index contributed by atoms with van der Waals surface area (Å²) >= 11 is 0. The minimum Gasteiger partial charge on any atom is -0.432 e. The van der Waals surface area contributed by atoms with E-state index in [0.29, 0.717) is 5.75 Å². The Balaban J connectivity index is 2.35. The molecule has 0 spiro atoms. The van der Waals surface area contributed by atoms with Crippen LogP contribution in [0.1, 0.15) is 20.8 Å². The molecule has 0 fully saturated rings. The largest absolute Gasteiger partial charge is 0.432 e. The summed E-state index contributed by atoms with van der Waals surface area (Å²) in [4.78, 5) is 11.6. The molecule has 0 amide bonds. The molecule has 0 aromatic heterocycles. The van der Waals surface area contributed by atoms with Gasteiger partial charge in [0.2, 0.25) is 0 Å². The van der Waals surface area contributed by atoms with E-state index >= 15 is 0 Å². The molecule has 0 aliphatic heterocycles. The first-order chi connectivity index (χ1) is 10.9. The number of aliphatic hydroxyl groups is 1. The van der Waals surface area contributed by atoms with Crippen molar-refractivity contribution < 1.29 is 19.0 Å². The van der Waals surface area contributed by atoms with Gasteiger partial charge in [0.15, 0.2) is 5.78 Å². The third kappa shape index (κ3) is 3.99. The zero-order chi connectivity index (χ0) is 17.0. The van der Waals surface area contributed by atoms with Crippen molar-refractivity contribution in [2.75, 3.05) is 6.61 Å². The molecule has 0 saturated carbocycles. The number of fused-ring (bicyclic) bond motifs is 1. The van der Waals surface area contributed by atoms with E-state index in [1.54, 1.807) is 26.8 Å². The van der Waals surface area contributed by atoms with E-state index in [-0.39, 0.29) is 5.66 Å². The zero-order valence-electron chi connectivity index (χ0n) is 13.5. The SMILES string of the molecule is CC(C)P(=O)(N[C@@H](C)C(=O)CO)Oc1cccc2ccccc12. The lowest BCUT2D eigenvalue weighted by atomic mass is 10.1. The summed E-state index contributed by atoms with van der Waals surface area (Å²) in [6, 6.07) is 12.5. The first kappa shape index (κ1) is 17.7. The summed E-state index contributed by atoms with van der Waals surface area (Å²) in [5.41, 5.74) is -0.324. The minimum atomic E-state index is -3.32. The summed E-state index contributed by atoms with van der Waals surface area (Å²) in [6.07, 6.45) is 0. The fourth-order valence-corrected chi connectivity index (χ4v) is 3.88. The van der Waals surface area contributed by atoms with E-state index in [2.05, 4.69) is 5.09 Å². The Morgan fingerprint density at radius 3 is 2.48 bits per heavy atom. The minimum absolute atomic E-state index is 0.324. The standard InChI is InChI=1S/C17H22NO4P/c1-12(2)23(21,18-13(3)16(20)11-19)22-17-10-6-8-14-7-4-5-9-15(14)17/h4-10,12-13,19H,11H2,1-3H3,(H,18,21)/t13-,23?/m0/s1. The second-order valence-corrected chi connectivity index (χ2v) is 8.40. The van der Waals surface area contributed by atoms with Crippen LogP contribution < -0.4 is 9.61 Å². The van der Waals surface area contributed by atoms with E-state index in [1.165, 1.54) is 0 Å². The molecule has 6 heteroatoms. The molecule has 0 aliphatic rings. The van der Waals surface area contributed by atoms with Gasteiger partial charge < -0.3 is 9.63 Å². The summed E-state index contributed by atoms with van der Waals surface area (Å²) in [5, 5.41) is 13.6. The van der Waals surface area contributed by atoms with Crippen LogP contribution in [0.25, 0.3) is 10.8 Å². The fourth-order valence-electron chi connectivity index (χ4n) is 2.18. The highest BCUT2D eigenvalue weighted by Gasteiger charge is 2.33. The zero-order valence-corrected chi connectivity index (χ0v) is 14.4. The Morgan fingerprint density at radius 1 is 1.17 bits per heavy atom. The smallest absolute Gasteiger partial charge is 0.319 e. The van der Waals surface area contributed by atoms with Gasteiger partial charge in [-0.1, -0.05) is 50.2 Å². The molecular formula is C17H22NO4P. The molecule has 0 bridgehead atoms. The van der Waals surface area contributed by atoms with Crippen LogP contribution in [0.4, 0.5) is 0 Å². The highest BCUT2D eigenvalue weighted by molar-refractivity contribution is 7.58. The van der Waals surface area contributed by atoms with E-state index in [9.17, 15) is 9.36 Å². The lowest BCUT2D eigenvalue weighted by Gasteiger charge is -2.26. The Morgan fingerprint density at radius 2 is 1.83 bits per heavy atom. The number of nitrogens with one attached hydrogen (secondary N) is 1. The molecule has 124 valence electrons. The van der Waals surface area contributed by atoms with Crippen molar-refractivity contribution in [2.45, 2.75) is 32.5 Å². The van der Waals surface area contributed by atoms with Gasteiger partial charge in [0.05, 0.1) is 11.7 Å². The number of carbonyl (C=O) groups excluding carboxylic acids is 1. The molecule has 2 atom stereocenters. The third-order valence-corrected chi connectivity index (χ3v) is 6.25. The van der Waals surface area contributed by atoms with Crippen LogP contribution in [0.15, 0.2) is 42.5 Å². The maximum atomic E-state index is 13.2. The Labute approximate surface area is 136 Å². The van der Waals surface area contributed by atoms with Crippen LogP contribution in [0.5, 0.6) is 5.75 Å². The van der Waals surface area contributed by atoms with Gasteiger partial charge in [0.25, 0.3) is 0 Å². The van der Waals surface area contributed by atoms with Crippen LogP contribution in [0.3, 0.4) is 0 Å². The van der Waals surface area contributed by atoms with Crippen molar-refractivity contribution in [1.82, 2.24) is 5.09 Å². The molecule has 2 N–H and O–H groups in total. The lowest BCUT2D eigenvalue weighted by Crippen LogP contribution is -2.36. The van der Waals surface area contributed by atoms with Gasteiger partial charge in [-0.05, 0) is 18.4 Å². The highest BCUT2D eigenvalue weighted by atomic mass is 31.2. The number of ketones is 1. The first-order valence-electron chi connectivity index (χ1n) is 7.56. The number of aliphatic hydroxyl groups excluding tert-OH is 1. The normalized spacial score (nSPS) is 15.3. The van der Waals surface area contributed by atoms with Crippen molar-refractivity contribution in [3.05, 3.63) is 42.5 Å². The van der Waals surface area contributed by atoms with Crippen molar-refractivity contribution in [2.24, 2.45) is 0 Å². The number of carbonyl (C=O) groups is 1. The van der Waals surface area contributed by atoms with Gasteiger partial charge in [-0.3, -0.25) is 9.36 Å². The molecule has 23 heavy (non-hydrogen) atoms. The average molecular weight is 335 g/mol. The van der Waals surface area contributed by atoms with Gasteiger partial charge in [0, 0.05) is 5.39 Å². The number of rotatable bonds is 7. The van der Waals surface area contributed by atoms with E-state index < -0.39 is 26.0 Å². The Hall–Kier alpha value is -1.68. The molecular weight excluding hydrogens is 313 g/mol. The van der Waals surface area contributed by atoms with Crippen molar-refractivity contribution in [3.63, 3.8) is 0 Å². The number of benzene rings is 2. The molecule has 2 aromatic rings. The second-order valence-electron chi connectivity index (χ2n) is 5.73. The van der Waals surface area contributed by atoms with E-state index in [4.69, 9.17) is 9.63 Å². The molecule has 0 saturated heterocycles. The van der Waals surface area contributed by atoms with Crippen LogP contribution >= 0.6 is 7.52 Å². The molecule has 5 nitrogen and oxygen atoms in total. The Bertz CT molecular complexity index is 739. The van der Waals surface area contributed by atoms with Crippen molar-refractivity contribution in [3.8, 4) is 5.75 Å². The summed E-state index contributed by atoms with van der Waals surface area (Å²) in [7, 11) is -3.32. The maximum absolute atomic E-state index is 13.2. The van der Waals surface area contributed by atoms with Crippen LogP contribution in [-0.2, 0) is 9.36 Å². The lowest BCUT2D eigenvalue weighted by molar-refractivity contribution is -0.123. The maximum Gasteiger partial charge on any atom is 0.319 e. The van der Waals surface area contributed by atoms with Gasteiger partial charge in [-0.25, -0.2) is 5.09 Å². The monoisotopic (exact) mass is 335 g/mol. The first-order valence-corrected chi connectivity index (χ1v) is 9.25. The van der Waals surface area contributed by atoms with Crippen LogP contribution in [0, 0.1) is 0 Å². The van der Waals surface area contributed by atoms with Gasteiger partial charge in [-0.15, -0.1) is 0 Å². The topological polar surface area (TPSA) is 75.6 Å². The van der Waals surface area contributed by atoms with Crippen molar-refractivity contribution in [1.29, 1.82) is 0 Å². The third-order valence-electron chi connectivity index (χ3n) is 3.68. The average Bonchev–Trinajstić information content (AvgIpc) is 2.54. The molecule has 0 radical (unpaired) electrons. The van der Waals surface area contributed by atoms with E-state index in [1.807, 2.05) is 36.4 Å². The molecule has 0 heterocycles. The van der Waals surface area contributed by atoms with Crippen LogP contribution in [0.2, 0.25) is 0 Å².